The molecule has 206 valence electrons. The standard InChI is InChI=1S/C30H38Cl2N2O4/c1-6-30(5,33-17-19(2)38-20(3)18-33)34-27(21-10-12-23(31)13-11-21)25(22-8-7-9-24(32)14-22)15-29(4,28(34)37)16-26(35)36/h7-14,19-20,25,27H,6,15-18H2,1-5H3,(H,35,36)/t19?,20?,25-,27-,29-,30+/m1/s1. The quantitative estimate of drug-likeness (QED) is 0.404. The number of carbonyl (C=O) groups is 2. The van der Waals surface area contributed by atoms with Crippen molar-refractivity contribution in [3.8, 4) is 0 Å². The van der Waals surface area contributed by atoms with Gasteiger partial charge in [0.15, 0.2) is 0 Å². The number of piperidine rings is 1. The van der Waals surface area contributed by atoms with Gasteiger partial charge in [0, 0.05) is 29.1 Å². The van der Waals surface area contributed by atoms with Crippen molar-refractivity contribution in [3.05, 3.63) is 69.7 Å². The number of rotatable bonds is 7. The van der Waals surface area contributed by atoms with E-state index in [1.165, 1.54) is 0 Å². The van der Waals surface area contributed by atoms with Gasteiger partial charge in [0.1, 0.15) is 0 Å². The van der Waals surface area contributed by atoms with E-state index in [1.807, 2.05) is 53.4 Å². The molecule has 2 saturated heterocycles. The summed E-state index contributed by atoms with van der Waals surface area (Å²) in [6.07, 6.45) is 0.814. The van der Waals surface area contributed by atoms with E-state index in [-0.39, 0.29) is 36.5 Å². The molecule has 0 bridgehead atoms. The van der Waals surface area contributed by atoms with Gasteiger partial charge in [-0.15, -0.1) is 0 Å². The lowest BCUT2D eigenvalue weighted by atomic mass is 9.66. The summed E-state index contributed by atoms with van der Waals surface area (Å²) in [6, 6.07) is 15.0. The molecule has 6 nitrogen and oxygen atoms in total. The number of hydrogen-bond donors (Lipinski definition) is 1. The molecule has 2 unspecified atom stereocenters. The summed E-state index contributed by atoms with van der Waals surface area (Å²) in [5, 5.41) is 11.1. The van der Waals surface area contributed by atoms with Crippen LogP contribution in [0, 0.1) is 5.41 Å². The average Bonchev–Trinajstić information content (AvgIpc) is 2.84. The van der Waals surface area contributed by atoms with Crippen LogP contribution in [0.3, 0.4) is 0 Å². The first-order valence-electron chi connectivity index (χ1n) is 13.3. The summed E-state index contributed by atoms with van der Waals surface area (Å²) >= 11 is 12.7. The summed E-state index contributed by atoms with van der Waals surface area (Å²) < 4.78 is 6.04. The van der Waals surface area contributed by atoms with E-state index < -0.39 is 17.0 Å². The number of carbonyl (C=O) groups excluding carboxylic acids is 1. The molecule has 6 atom stereocenters. The van der Waals surface area contributed by atoms with E-state index in [0.717, 1.165) is 11.1 Å². The van der Waals surface area contributed by atoms with Gasteiger partial charge < -0.3 is 14.7 Å². The monoisotopic (exact) mass is 560 g/mol. The van der Waals surface area contributed by atoms with Crippen molar-refractivity contribution >= 4 is 35.1 Å². The summed E-state index contributed by atoms with van der Waals surface area (Å²) in [5.41, 5.74) is 0.153. The van der Waals surface area contributed by atoms with Crippen LogP contribution in [0.15, 0.2) is 48.5 Å². The lowest BCUT2D eigenvalue weighted by Crippen LogP contribution is -2.69. The maximum absolute atomic E-state index is 14.6. The smallest absolute Gasteiger partial charge is 0.304 e. The predicted octanol–water partition coefficient (Wildman–Crippen LogP) is 6.77. The highest BCUT2D eigenvalue weighted by Gasteiger charge is 2.56. The van der Waals surface area contributed by atoms with Gasteiger partial charge in [-0.3, -0.25) is 14.5 Å². The van der Waals surface area contributed by atoms with Crippen LogP contribution in [0.25, 0.3) is 0 Å². The van der Waals surface area contributed by atoms with Gasteiger partial charge in [-0.25, -0.2) is 0 Å². The van der Waals surface area contributed by atoms with Crippen LogP contribution in [-0.4, -0.2) is 57.7 Å². The molecule has 1 amide bonds. The van der Waals surface area contributed by atoms with Crippen LogP contribution in [0.4, 0.5) is 0 Å². The number of benzene rings is 2. The molecule has 2 aliphatic heterocycles. The summed E-state index contributed by atoms with van der Waals surface area (Å²) in [7, 11) is 0. The molecule has 1 N–H and O–H groups in total. The second kappa shape index (κ2) is 11.2. The third-order valence-corrected chi connectivity index (χ3v) is 8.87. The third kappa shape index (κ3) is 5.60. The lowest BCUT2D eigenvalue weighted by Gasteiger charge is -2.59. The molecular formula is C30H38Cl2N2O4. The Balaban J connectivity index is 1.95. The van der Waals surface area contributed by atoms with E-state index >= 15 is 0 Å². The number of amides is 1. The summed E-state index contributed by atoms with van der Waals surface area (Å²) in [4.78, 5) is 31.1. The number of carboxylic acids is 1. The van der Waals surface area contributed by atoms with Crippen molar-refractivity contribution in [2.24, 2.45) is 5.41 Å². The predicted molar refractivity (Wildman–Crippen MR) is 150 cm³/mol. The highest BCUT2D eigenvalue weighted by Crippen LogP contribution is 2.54. The number of ether oxygens (including phenoxy) is 1. The summed E-state index contributed by atoms with van der Waals surface area (Å²) in [5.74, 6) is -1.31. The van der Waals surface area contributed by atoms with Crippen LogP contribution in [0.5, 0.6) is 0 Å². The highest BCUT2D eigenvalue weighted by atomic mass is 35.5. The molecule has 2 aromatic rings. The Kier molecular flexibility index (Phi) is 8.49. The molecule has 2 fully saturated rings. The Bertz CT molecular complexity index is 1170. The molecule has 0 radical (unpaired) electrons. The zero-order valence-corrected chi connectivity index (χ0v) is 24.3. The van der Waals surface area contributed by atoms with Crippen LogP contribution < -0.4 is 0 Å². The van der Waals surface area contributed by atoms with E-state index in [0.29, 0.717) is 36.0 Å². The molecule has 0 spiro atoms. The SMILES string of the molecule is CC[C@@](C)(N1CC(C)OC(C)C1)N1C(=O)[C@@](C)(CC(=O)O)C[C@H](c2cccc(Cl)c2)[C@H]1c1ccc(Cl)cc1. The number of halogens is 2. The Labute approximate surface area is 235 Å². The van der Waals surface area contributed by atoms with Gasteiger partial charge in [-0.05, 0) is 69.0 Å². The first-order chi connectivity index (χ1) is 17.9. The van der Waals surface area contributed by atoms with Gasteiger partial charge in [-0.2, -0.15) is 0 Å². The molecule has 0 saturated carbocycles. The zero-order valence-electron chi connectivity index (χ0n) is 22.8. The fourth-order valence-electron chi connectivity index (χ4n) is 6.48. The average molecular weight is 562 g/mol. The first-order valence-corrected chi connectivity index (χ1v) is 14.1. The fraction of sp³-hybridized carbons (Fsp3) is 0.533. The minimum Gasteiger partial charge on any atom is -0.481 e. The molecule has 4 rings (SSSR count). The Hall–Kier alpha value is -2.12. The molecule has 38 heavy (non-hydrogen) atoms. The van der Waals surface area contributed by atoms with Crippen molar-refractivity contribution in [2.45, 2.75) is 83.7 Å². The van der Waals surface area contributed by atoms with Crippen molar-refractivity contribution < 1.29 is 19.4 Å². The van der Waals surface area contributed by atoms with Gasteiger partial charge in [0.25, 0.3) is 0 Å². The molecule has 2 aromatic carbocycles. The van der Waals surface area contributed by atoms with E-state index in [9.17, 15) is 14.7 Å². The number of morpholine rings is 1. The number of hydrogen-bond acceptors (Lipinski definition) is 4. The van der Waals surface area contributed by atoms with E-state index in [2.05, 4.69) is 32.6 Å². The van der Waals surface area contributed by atoms with Crippen molar-refractivity contribution in [3.63, 3.8) is 0 Å². The minimum atomic E-state index is -1.10. The molecule has 8 heteroatoms. The maximum Gasteiger partial charge on any atom is 0.304 e. The molecule has 2 heterocycles. The molecular weight excluding hydrogens is 523 g/mol. The largest absolute Gasteiger partial charge is 0.481 e. The molecule has 2 aliphatic rings. The topological polar surface area (TPSA) is 70.1 Å². The van der Waals surface area contributed by atoms with Crippen molar-refractivity contribution in [1.29, 1.82) is 0 Å². The Morgan fingerprint density at radius 1 is 1.08 bits per heavy atom. The molecule has 0 aromatic heterocycles. The van der Waals surface area contributed by atoms with Gasteiger partial charge in [0.05, 0.1) is 35.7 Å². The number of aliphatic carboxylic acids is 1. The third-order valence-electron chi connectivity index (χ3n) is 8.38. The molecule has 0 aliphatic carbocycles. The van der Waals surface area contributed by atoms with Crippen LogP contribution in [0.2, 0.25) is 10.0 Å². The fourth-order valence-corrected chi connectivity index (χ4v) is 6.80. The van der Waals surface area contributed by atoms with Gasteiger partial charge >= 0.3 is 5.97 Å². The zero-order chi connectivity index (χ0) is 27.8. The second-order valence-electron chi connectivity index (χ2n) is 11.4. The summed E-state index contributed by atoms with van der Waals surface area (Å²) in [6.45, 7) is 11.4. The number of carboxylic acid groups (broad SMARTS) is 1. The maximum atomic E-state index is 14.6. The highest BCUT2D eigenvalue weighted by molar-refractivity contribution is 6.30. The van der Waals surface area contributed by atoms with Crippen LogP contribution >= 0.6 is 23.2 Å². The first kappa shape index (κ1) is 28.9. The normalized spacial score (nSPS) is 30.2. The lowest BCUT2D eigenvalue weighted by molar-refractivity contribution is -0.191. The van der Waals surface area contributed by atoms with Crippen LogP contribution in [0.1, 0.15) is 77.0 Å². The second-order valence-corrected chi connectivity index (χ2v) is 12.3. The minimum absolute atomic E-state index is 0.00706. The Morgan fingerprint density at radius 3 is 2.26 bits per heavy atom. The van der Waals surface area contributed by atoms with E-state index in [1.54, 1.807) is 6.92 Å². The van der Waals surface area contributed by atoms with Crippen molar-refractivity contribution in [1.82, 2.24) is 9.80 Å². The van der Waals surface area contributed by atoms with Crippen LogP contribution in [-0.2, 0) is 14.3 Å². The van der Waals surface area contributed by atoms with E-state index in [4.69, 9.17) is 27.9 Å². The van der Waals surface area contributed by atoms with Crippen molar-refractivity contribution in [2.75, 3.05) is 13.1 Å². The Morgan fingerprint density at radius 2 is 1.71 bits per heavy atom. The van der Waals surface area contributed by atoms with Gasteiger partial charge in [0.2, 0.25) is 5.91 Å². The number of likely N-dealkylation sites (tertiary alicyclic amines) is 1. The van der Waals surface area contributed by atoms with Gasteiger partial charge in [-0.1, -0.05) is 61.3 Å². The number of nitrogens with zero attached hydrogens (tertiary/aromatic N) is 2.